The molecule has 3 nitrogen and oxygen atoms in total. The molecule has 0 bridgehead atoms. The number of aromatic nitrogens is 1. The van der Waals surface area contributed by atoms with Crippen molar-refractivity contribution in [3.63, 3.8) is 0 Å². The van der Waals surface area contributed by atoms with E-state index in [9.17, 15) is 4.79 Å². The van der Waals surface area contributed by atoms with Crippen LogP contribution in [0.25, 0.3) is 0 Å². The summed E-state index contributed by atoms with van der Waals surface area (Å²) in [5, 5.41) is 3.03. The second-order valence-electron chi connectivity index (χ2n) is 4.82. The first-order valence-corrected chi connectivity index (χ1v) is 7.09. The normalized spacial score (nSPS) is 10.5. The van der Waals surface area contributed by atoms with Gasteiger partial charge in [-0.3, -0.25) is 4.79 Å². The predicted octanol–water partition coefficient (Wildman–Crippen LogP) is 3.34. The van der Waals surface area contributed by atoms with Crippen molar-refractivity contribution >= 4 is 17.2 Å². The average molecular weight is 274 g/mol. The van der Waals surface area contributed by atoms with Crippen LogP contribution in [-0.4, -0.2) is 22.8 Å². The quantitative estimate of drug-likeness (QED) is 0.860. The molecule has 2 aromatic rings. The third-order valence-corrected chi connectivity index (χ3v) is 3.99. The molecule has 0 saturated carbocycles. The molecule has 0 radical (unpaired) electrons. The van der Waals surface area contributed by atoms with Gasteiger partial charge in [0.15, 0.2) is 0 Å². The highest BCUT2D eigenvalue weighted by Gasteiger charge is 2.13. The van der Waals surface area contributed by atoms with Gasteiger partial charge < -0.3 is 4.90 Å². The minimum atomic E-state index is 0.0359. The van der Waals surface area contributed by atoms with Gasteiger partial charge in [0.05, 0.1) is 17.2 Å². The van der Waals surface area contributed by atoms with Crippen LogP contribution in [0, 0.1) is 20.8 Å². The third-order valence-electron chi connectivity index (χ3n) is 3.17. The highest BCUT2D eigenvalue weighted by Crippen LogP contribution is 2.14. The molecule has 0 N–H and O–H groups in total. The van der Waals surface area contributed by atoms with E-state index in [1.807, 2.05) is 51.4 Å². The monoisotopic (exact) mass is 274 g/mol. The Bertz CT molecular complexity index is 604. The smallest absolute Gasteiger partial charge is 0.253 e. The van der Waals surface area contributed by atoms with Gasteiger partial charge in [-0.25, -0.2) is 4.98 Å². The lowest BCUT2D eigenvalue weighted by Gasteiger charge is -2.16. The summed E-state index contributed by atoms with van der Waals surface area (Å²) in [6.07, 6.45) is 0. The summed E-state index contributed by atoms with van der Waals surface area (Å²) >= 11 is 1.61. The molecule has 1 heterocycles. The Balaban J connectivity index is 2.12. The van der Waals surface area contributed by atoms with E-state index in [1.165, 1.54) is 5.56 Å². The first-order chi connectivity index (χ1) is 8.97. The molecule has 0 fully saturated rings. The lowest BCUT2D eigenvalue weighted by molar-refractivity contribution is 0.0783. The minimum Gasteiger partial charge on any atom is -0.336 e. The van der Waals surface area contributed by atoms with Crippen molar-refractivity contribution in [2.24, 2.45) is 0 Å². The second-order valence-corrected chi connectivity index (χ2v) is 5.88. The zero-order valence-corrected chi connectivity index (χ0v) is 12.5. The molecule has 0 aliphatic heterocycles. The average Bonchev–Trinajstić information content (AvgIpc) is 2.77. The molecular formula is C15H18N2OS. The Hall–Kier alpha value is -1.68. The van der Waals surface area contributed by atoms with Crippen LogP contribution in [0.1, 0.15) is 32.2 Å². The summed E-state index contributed by atoms with van der Waals surface area (Å²) in [5.74, 6) is 0.0359. The van der Waals surface area contributed by atoms with Gasteiger partial charge in [-0.1, -0.05) is 6.07 Å². The number of hydrogen-bond donors (Lipinski definition) is 0. The van der Waals surface area contributed by atoms with Crippen LogP contribution in [-0.2, 0) is 6.54 Å². The Morgan fingerprint density at radius 2 is 2.00 bits per heavy atom. The van der Waals surface area contributed by atoms with Crippen LogP contribution in [0.15, 0.2) is 23.6 Å². The van der Waals surface area contributed by atoms with Crippen molar-refractivity contribution in [3.8, 4) is 0 Å². The summed E-state index contributed by atoms with van der Waals surface area (Å²) in [5.41, 5.74) is 4.03. The topological polar surface area (TPSA) is 33.2 Å². The fraction of sp³-hybridized carbons (Fsp3) is 0.333. The number of nitrogens with zero attached hydrogens (tertiary/aromatic N) is 2. The second kappa shape index (κ2) is 5.53. The van der Waals surface area contributed by atoms with E-state index in [2.05, 4.69) is 4.98 Å². The summed E-state index contributed by atoms with van der Waals surface area (Å²) in [4.78, 5) is 18.4. The zero-order chi connectivity index (χ0) is 14.0. The highest BCUT2D eigenvalue weighted by molar-refractivity contribution is 7.09. The van der Waals surface area contributed by atoms with Gasteiger partial charge >= 0.3 is 0 Å². The Morgan fingerprint density at radius 3 is 2.58 bits per heavy atom. The molecular weight excluding hydrogens is 256 g/mol. The molecule has 1 aromatic carbocycles. The molecule has 1 aromatic heterocycles. The van der Waals surface area contributed by atoms with Gasteiger partial charge in [-0.2, -0.15) is 0 Å². The largest absolute Gasteiger partial charge is 0.336 e. The van der Waals surface area contributed by atoms with Gasteiger partial charge in [0.25, 0.3) is 5.91 Å². The van der Waals surface area contributed by atoms with E-state index in [0.717, 1.165) is 21.8 Å². The lowest BCUT2D eigenvalue weighted by Crippen LogP contribution is -2.26. The Morgan fingerprint density at radius 1 is 1.26 bits per heavy atom. The van der Waals surface area contributed by atoms with Crippen LogP contribution in [0.4, 0.5) is 0 Å². The van der Waals surface area contributed by atoms with Gasteiger partial charge in [-0.15, -0.1) is 11.3 Å². The molecule has 0 atom stereocenters. The van der Waals surface area contributed by atoms with Crippen molar-refractivity contribution in [1.82, 2.24) is 9.88 Å². The van der Waals surface area contributed by atoms with Gasteiger partial charge in [0.1, 0.15) is 0 Å². The molecule has 0 aliphatic carbocycles. The lowest BCUT2D eigenvalue weighted by atomic mass is 10.1. The standard InChI is InChI=1S/C15H18N2OS/c1-10-5-6-13(7-11(10)2)15(18)17(4)8-14-9-19-12(3)16-14/h5-7,9H,8H2,1-4H3. The van der Waals surface area contributed by atoms with E-state index >= 15 is 0 Å². The van der Waals surface area contributed by atoms with E-state index in [0.29, 0.717) is 6.54 Å². The number of amides is 1. The summed E-state index contributed by atoms with van der Waals surface area (Å²) in [6, 6.07) is 5.82. The Kier molecular flexibility index (Phi) is 4.00. The van der Waals surface area contributed by atoms with Crippen molar-refractivity contribution in [2.75, 3.05) is 7.05 Å². The summed E-state index contributed by atoms with van der Waals surface area (Å²) < 4.78 is 0. The van der Waals surface area contributed by atoms with Gasteiger partial charge in [0, 0.05) is 18.0 Å². The summed E-state index contributed by atoms with van der Waals surface area (Å²) in [6.45, 7) is 6.59. The predicted molar refractivity (Wildman–Crippen MR) is 78.6 cm³/mol. The van der Waals surface area contributed by atoms with Crippen LogP contribution in [0.2, 0.25) is 0 Å². The van der Waals surface area contributed by atoms with Crippen LogP contribution >= 0.6 is 11.3 Å². The first kappa shape index (κ1) is 13.7. The molecule has 0 spiro atoms. The number of benzene rings is 1. The van der Waals surface area contributed by atoms with E-state index in [1.54, 1.807) is 16.2 Å². The van der Waals surface area contributed by atoms with Crippen molar-refractivity contribution in [3.05, 3.63) is 51.0 Å². The molecule has 0 saturated heterocycles. The van der Waals surface area contributed by atoms with Gasteiger partial charge in [0.2, 0.25) is 0 Å². The van der Waals surface area contributed by atoms with Crippen LogP contribution < -0.4 is 0 Å². The number of aryl methyl sites for hydroxylation is 3. The Labute approximate surface area is 117 Å². The fourth-order valence-corrected chi connectivity index (χ4v) is 2.49. The van der Waals surface area contributed by atoms with Crippen molar-refractivity contribution in [1.29, 1.82) is 0 Å². The summed E-state index contributed by atoms with van der Waals surface area (Å²) in [7, 11) is 1.81. The van der Waals surface area contributed by atoms with E-state index < -0.39 is 0 Å². The number of thiazole rings is 1. The maximum atomic E-state index is 12.3. The van der Waals surface area contributed by atoms with Gasteiger partial charge in [-0.05, 0) is 44.0 Å². The maximum absolute atomic E-state index is 12.3. The van der Waals surface area contributed by atoms with Crippen LogP contribution in [0.3, 0.4) is 0 Å². The molecule has 2 rings (SSSR count). The van der Waals surface area contributed by atoms with E-state index in [-0.39, 0.29) is 5.91 Å². The number of carbonyl (C=O) groups excluding carboxylic acids is 1. The van der Waals surface area contributed by atoms with Crippen molar-refractivity contribution < 1.29 is 4.79 Å². The maximum Gasteiger partial charge on any atom is 0.253 e. The fourth-order valence-electron chi connectivity index (χ4n) is 1.89. The third kappa shape index (κ3) is 3.20. The van der Waals surface area contributed by atoms with Crippen molar-refractivity contribution in [2.45, 2.75) is 27.3 Å². The molecule has 100 valence electrons. The first-order valence-electron chi connectivity index (χ1n) is 6.21. The zero-order valence-electron chi connectivity index (χ0n) is 11.7. The molecule has 4 heteroatoms. The highest BCUT2D eigenvalue weighted by atomic mass is 32.1. The molecule has 19 heavy (non-hydrogen) atoms. The molecule has 1 amide bonds. The molecule has 0 unspecified atom stereocenters. The SMILES string of the molecule is Cc1nc(CN(C)C(=O)c2ccc(C)c(C)c2)cs1. The van der Waals surface area contributed by atoms with Crippen LogP contribution in [0.5, 0.6) is 0 Å². The molecule has 0 aliphatic rings. The number of hydrogen-bond acceptors (Lipinski definition) is 3. The number of rotatable bonds is 3. The minimum absolute atomic E-state index is 0.0359. The van der Waals surface area contributed by atoms with E-state index in [4.69, 9.17) is 0 Å². The number of carbonyl (C=O) groups is 1.